The van der Waals surface area contributed by atoms with Crippen LogP contribution in [0.3, 0.4) is 0 Å². The Balaban J connectivity index is 0.00000289. The summed E-state index contributed by atoms with van der Waals surface area (Å²) in [7, 11) is 0. The van der Waals surface area contributed by atoms with Crippen molar-refractivity contribution in [3.63, 3.8) is 0 Å². The third-order valence-electron chi connectivity index (χ3n) is 5.75. The van der Waals surface area contributed by atoms with Gasteiger partial charge in [-0.05, 0) is 53.4 Å². The van der Waals surface area contributed by atoms with Gasteiger partial charge in [0, 0.05) is 16.2 Å². The molecule has 172 valence electrons. The Morgan fingerprint density at radius 1 is 0.938 bits per heavy atom. The van der Waals surface area contributed by atoms with Gasteiger partial charge in [-0.1, -0.05) is 37.8 Å². The Morgan fingerprint density at radius 2 is 1.66 bits per heavy atom. The highest BCUT2D eigenvalue weighted by Crippen LogP contribution is 2.35. The van der Waals surface area contributed by atoms with E-state index in [-0.39, 0.29) is 13.2 Å². The van der Waals surface area contributed by atoms with Crippen LogP contribution in [0.2, 0.25) is 0 Å². The highest BCUT2D eigenvalue weighted by atomic mass is 32.1. The molecule has 0 bridgehead atoms. The standard InChI is InChI=1S/C24H25FO5S.CH4/c1-13-2-3-15(24-23(29)22(28)21(27)19(12-26)30-24)10-16(13)11-18-8-9-20(31-18)14-4-6-17(25)7-5-14;/h2-10,19,21-24,26-29H,11-12H2,1H3;1H4/t19-,21-,22+,23-,24+;/m1./s1. The topological polar surface area (TPSA) is 90.2 Å². The molecule has 0 unspecified atom stereocenters. The van der Waals surface area contributed by atoms with Crippen LogP contribution in [0.1, 0.15) is 35.1 Å². The maximum absolute atomic E-state index is 13.2. The number of aliphatic hydroxyl groups excluding tert-OH is 4. The molecular formula is C25H29FO5S. The molecule has 1 fully saturated rings. The van der Waals surface area contributed by atoms with E-state index in [1.54, 1.807) is 23.5 Å². The van der Waals surface area contributed by atoms with E-state index in [4.69, 9.17) is 4.74 Å². The summed E-state index contributed by atoms with van der Waals surface area (Å²) in [6.07, 6.45) is -5.21. The molecule has 0 spiro atoms. The number of ether oxygens (including phenoxy) is 1. The minimum Gasteiger partial charge on any atom is -0.394 e. The Bertz CT molecular complexity index is 1030. The van der Waals surface area contributed by atoms with Crippen molar-refractivity contribution in [3.05, 3.63) is 82.0 Å². The summed E-state index contributed by atoms with van der Waals surface area (Å²) in [4.78, 5) is 2.19. The number of aryl methyl sites for hydroxylation is 1. The van der Waals surface area contributed by atoms with Gasteiger partial charge in [-0.3, -0.25) is 0 Å². The normalized spacial score (nSPS) is 25.4. The minimum atomic E-state index is -1.41. The summed E-state index contributed by atoms with van der Waals surface area (Å²) in [6.45, 7) is 1.54. The molecular weight excluding hydrogens is 431 g/mol. The zero-order valence-corrected chi connectivity index (χ0v) is 17.8. The molecule has 2 aromatic carbocycles. The summed E-state index contributed by atoms with van der Waals surface area (Å²) in [5.74, 6) is -0.263. The van der Waals surface area contributed by atoms with Crippen LogP contribution < -0.4 is 0 Å². The maximum atomic E-state index is 13.2. The van der Waals surface area contributed by atoms with Crippen molar-refractivity contribution in [1.29, 1.82) is 0 Å². The second-order valence-corrected chi connectivity index (χ2v) is 9.05. The summed E-state index contributed by atoms with van der Waals surface area (Å²) in [6, 6.07) is 16.2. The molecule has 0 radical (unpaired) electrons. The van der Waals surface area contributed by atoms with Gasteiger partial charge < -0.3 is 25.2 Å². The van der Waals surface area contributed by atoms with Crippen molar-refractivity contribution in [2.75, 3.05) is 6.61 Å². The molecule has 5 atom stereocenters. The molecule has 5 nitrogen and oxygen atoms in total. The lowest BCUT2D eigenvalue weighted by Crippen LogP contribution is -2.55. The second kappa shape index (κ2) is 10.2. The van der Waals surface area contributed by atoms with Gasteiger partial charge in [0.15, 0.2) is 0 Å². The number of aliphatic hydroxyl groups is 4. The third kappa shape index (κ3) is 4.93. The highest BCUT2D eigenvalue weighted by molar-refractivity contribution is 7.15. The third-order valence-corrected chi connectivity index (χ3v) is 6.88. The van der Waals surface area contributed by atoms with E-state index in [0.717, 1.165) is 26.4 Å². The summed E-state index contributed by atoms with van der Waals surface area (Å²) < 4.78 is 18.9. The van der Waals surface area contributed by atoms with E-state index in [2.05, 4.69) is 0 Å². The average molecular weight is 461 g/mol. The number of hydrogen-bond donors (Lipinski definition) is 4. The fourth-order valence-electron chi connectivity index (χ4n) is 3.87. The zero-order chi connectivity index (χ0) is 22.1. The fourth-order valence-corrected chi connectivity index (χ4v) is 4.90. The van der Waals surface area contributed by atoms with E-state index in [1.807, 2.05) is 37.3 Å². The van der Waals surface area contributed by atoms with Gasteiger partial charge in [-0.2, -0.15) is 0 Å². The quantitative estimate of drug-likeness (QED) is 0.467. The SMILES string of the molecule is C.Cc1ccc([C@@H]2O[C@H](CO)[C@@H](O)[C@H](O)[C@H]2O)cc1Cc1ccc(-c2ccc(F)cc2)s1. The van der Waals surface area contributed by atoms with Crippen molar-refractivity contribution < 1.29 is 29.6 Å². The zero-order valence-electron chi connectivity index (χ0n) is 17.0. The maximum Gasteiger partial charge on any atom is 0.123 e. The van der Waals surface area contributed by atoms with Gasteiger partial charge >= 0.3 is 0 Å². The van der Waals surface area contributed by atoms with Crippen LogP contribution in [0.5, 0.6) is 0 Å². The molecule has 7 heteroatoms. The van der Waals surface area contributed by atoms with Crippen LogP contribution in [0.25, 0.3) is 10.4 Å². The molecule has 3 aromatic rings. The Kier molecular flexibility index (Phi) is 7.82. The van der Waals surface area contributed by atoms with Gasteiger partial charge in [0.25, 0.3) is 0 Å². The predicted molar refractivity (Wildman–Crippen MR) is 123 cm³/mol. The van der Waals surface area contributed by atoms with Gasteiger partial charge in [-0.25, -0.2) is 4.39 Å². The van der Waals surface area contributed by atoms with Gasteiger partial charge in [0.2, 0.25) is 0 Å². The monoisotopic (exact) mass is 460 g/mol. The molecule has 1 aromatic heterocycles. The molecule has 4 N–H and O–H groups in total. The van der Waals surface area contributed by atoms with Gasteiger partial charge in [0.1, 0.15) is 36.3 Å². The first kappa shape index (κ1) is 24.5. The molecule has 1 saturated heterocycles. The lowest BCUT2D eigenvalue weighted by molar-refractivity contribution is -0.231. The first-order valence-corrected chi connectivity index (χ1v) is 10.9. The summed E-state index contributed by atoms with van der Waals surface area (Å²) in [5, 5.41) is 40.0. The molecule has 1 aliphatic heterocycles. The largest absolute Gasteiger partial charge is 0.394 e. The lowest BCUT2D eigenvalue weighted by Gasteiger charge is -2.40. The number of hydrogen-bond acceptors (Lipinski definition) is 6. The molecule has 0 amide bonds. The van der Waals surface area contributed by atoms with Crippen molar-refractivity contribution in [2.24, 2.45) is 0 Å². The first-order chi connectivity index (χ1) is 14.9. The van der Waals surface area contributed by atoms with E-state index >= 15 is 0 Å². The average Bonchev–Trinajstić information content (AvgIpc) is 3.23. The predicted octanol–water partition coefficient (Wildman–Crippen LogP) is 3.60. The van der Waals surface area contributed by atoms with Crippen LogP contribution in [0, 0.1) is 12.7 Å². The van der Waals surface area contributed by atoms with Gasteiger partial charge in [0.05, 0.1) is 6.61 Å². The minimum absolute atomic E-state index is 0. The number of halogens is 1. The van der Waals surface area contributed by atoms with Gasteiger partial charge in [-0.15, -0.1) is 11.3 Å². The molecule has 32 heavy (non-hydrogen) atoms. The molecule has 2 heterocycles. The van der Waals surface area contributed by atoms with Crippen LogP contribution in [-0.2, 0) is 11.2 Å². The van der Waals surface area contributed by atoms with Crippen LogP contribution in [-0.4, -0.2) is 51.4 Å². The smallest absolute Gasteiger partial charge is 0.123 e. The first-order valence-electron chi connectivity index (χ1n) is 10.1. The Labute approximate surface area is 191 Å². The molecule has 1 aliphatic rings. The van der Waals surface area contributed by atoms with Crippen molar-refractivity contribution >= 4 is 11.3 Å². The van der Waals surface area contributed by atoms with E-state index in [1.165, 1.54) is 12.1 Å². The van der Waals surface area contributed by atoms with E-state index in [9.17, 15) is 24.8 Å². The summed E-state index contributed by atoms with van der Waals surface area (Å²) >= 11 is 1.63. The van der Waals surface area contributed by atoms with Crippen molar-refractivity contribution in [2.45, 2.75) is 51.3 Å². The van der Waals surface area contributed by atoms with Crippen molar-refractivity contribution in [3.8, 4) is 10.4 Å². The summed E-state index contributed by atoms with van der Waals surface area (Å²) in [5.41, 5.74) is 3.75. The fraction of sp³-hybridized carbons (Fsp3) is 0.360. The Hall–Kier alpha value is -2.13. The van der Waals surface area contributed by atoms with Crippen LogP contribution >= 0.6 is 11.3 Å². The van der Waals surface area contributed by atoms with Crippen molar-refractivity contribution in [1.82, 2.24) is 0 Å². The van der Waals surface area contributed by atoms with E-state index in [0.29, 0.717) is 12.0 Å². The van der Waals surface area contributed by atoms with Crippen LogP contribution in [0.15, 0.2) is 54.6 Å². The number of benzene rings is 2. The number of thiophene rings is 1. The molecule has 0 saturated carbocycles. The van der Waals surface area contributed by atoms with Crippen LogP contribution in [0.4, 0.5) is 4.39 Å². The van der Waals surface area contributed by atoms with E-state index < -0.39 is 37.1 Å². The lowest BCUT2D eigenvalue weighted by atomic mass is 9.89. The molecule has 4 rings (SSSR count). The molecule has 0 aliphatic carbocycles. The second-order valence-electron chi connectivity index (χ2n) is 7.89. The number of rotatable bonds is 5. The highest BCUT2D eigenvalue weighted by Gasteiger charge is 2.43. The Morgan fingerprint density at radius 3 is 2.34 bits per heavy atom.